The van der Waals surface area contributed by atoms with Gasteiger partial charge in [-0.3, -0.25) is 24.2 Å². The lowest BCUT2D eigenvalue weighted by Gasteiger charge is -2.16. The molecule has 1 aromatic rings. The first kappa shape index (κ1) is 16.9. The quantitative estimate of drug-likeness (QED) is 0.485. The minimum Gasteiger partial charge on any atom is -0.495 e. The average Bonchev–Trinajstić information content (AvgIpc) is 2.38. The molecule has 118 valence electrons. The first-order valence-electron chi connectivity index (χ1n) is 5.65. The van der Waals surface area contributed by atoms with Crippen LogP contribution in [0.5, 0.6) is 5.75 Å². The normalized spacial score (nSPS) is 10.5. The number of aromatic nitrogens is 1. The second-order valence-electron chi connectivity index (χ2n) is 4.07. The van der Waals surface area contributed by atoms with Crippen molar-refractivity contribution in [2.75, 3.05) is 7.11 Å². The van der Waals surface area contributed by atoms with Crippen molar-refractivity contribution < 1.29 is 44.3 Å². The highest BCUT2D eigenvalue weighted by molar-refractivity contribution is 6.02. The molecule has 0 spiro atoms. The number of carboxylic acids is 4. The van der Waals surface area contributed by atoms with E-state index in [-0.39, 0.29) is 5.75 Å². The molecule has 0 aromatic carbocycles. The Labute approximate surface area is 122 Å². The maximum Gasteiger partial charge on any atom is 0.324 e. The molecule has 1 aromatic heterocycles. The van der Waals surface area contributed by atoms with Crippen LogP contribution in [0.1, 0.15) is 23.1 Å². The van der Waals surface area contributed by atoms with E-state index >= 15 is 0 Å². The molecule has 1 rings (SSSR count). The number of aliphatic carboxylic acids is 4. The van der Waals surface area contributed by atoms with Crippen molar-refractivity contribution in [1.82, 2.24) is 4.98 Å². The zero-order chi connectivity index (χ0) is 17.0. The van der Waals surface area contributed by atoms with Crippen LogP contribution in [0.3, 0.4) is 0 Å². The van der Waals surface area contributed by atoms with Gasteiger partial charge >= 0.3 is 23.9 Å². The molecule has 22 heavy (non-hydrogen) atoms. The van der Waals surface area contributed by atoms with Gasteiger partial charge in [0.1, 0.15) is 5.75 Å². The van der Waals surface area contributed by atoms with Crippen molar-refractivity contribution in [3.8, 4) is 5.75 Å². The lowest BCUT2D eigenvalue weighted by molar-refractivity contribution is -0.153. The summed E-state index contributed by atoms with van der Waals surface area (Å²) in [5.74, 6) is -11.6. The van der Waals surface area contributed by atoms with Crippen LogP contribution in [-0.2, 0) is 19.2 Å². The number of hydrogen-bond donors (Lipinski definition) is 4. The predicted octanol–water partition coefficient (Wildman–Crippen LogP) is -0.404. The second-order valence-corrected chi connectivity index (χ2v) is 4.07. The fourth-order valence-corrected chi connectivity index (χ4v) is 1.77. The van der Waals surface area contributed by atoms with Gasteiger partial charge in [0.15, 0.2) is 11.8 Å². The van der Waals surface area contributed by atoms with Gasteiger partial charge < -0.3 is 25.2 Å². The monoisotopic (exact) mass is 313 g/mol. The number of pyridine rings is 1. The number of ether oxygens (including phenoxy) is 1. The number of rotatable bonds is 7. The van der Waals surface area contributed by atoms with Gasteiger partial charge in [0.2, 0.25) is 0 Å². The van der Waals surface area contributed by atoms with E-state index in [0.717, 1.165) is 12.3 Å². The van der Waals surface area contributed by atoms with E-state index in [1.807, 2.05) is 0 Å². The summed E-state index contributed by atoms with van der Waals surface area (Å²) in [4.78, 5) is 47.9. The highest BCUT2D eigenvalue weighted by Crippen LogP contribution is 2.29. The molecule has 0 fully saturated rings. The van der Waals surface area contributed by atoms with Gasteiger partial charge in [0.25, 0.3) is 0 Å². The van der Waals surface area contributed by atoms with Crippen molar-refractivity contribution in [2.45, 2.75) is 11.8 Å². The van der Waals surface area contributed by atoms with Crippen molar-refractivity contribution >= 4 is 23.9 Å². The Morgan fingerprint density at radius 3 is 1.77 bits per heavy atom. The predicted molar refractivity (Wildman–Crippen MR) is 66.8 cm³/mol. The van der Waals surface area contributed by atoms with Crippen molar-refractivity contribution in [3.05, 3.63) is 23.5 Å². The maximum absolute atomic E-state index is 11.1. The summed E-state index contributed by atoms with van der Waals surface area (Å²) in [6, 6.07) is 0.939. The van der Waals surface area contributed by atoms with Crippen LogP contribution in [0.25, 0.3) is 0 Å². The largest absolute Gasteiger partial charge is 0.495 e. The zero-order valence-corrected chi connectivity index (χ0v) is 11.1. The van der Waals surface area contributed by atoms with Crippen LogP contribution in [0.4, 0.5) is 0 Å². The maximum atomic E-state index is 11.1. The summed E-state index contributed by atoms with van der Waals surface area (Å²) in [7, 11) is 1.20. The lowest BCUT2D eigenvalue weighted by atomic mass is 9.91. The molecule has 10 nitrogen and oxygen atoms in total. The van der Waals surface area contributed by atoms with Crippen LogP contribution in [0, 0.1) is 0 Å². The molecule has 0 bridgehead atoms. The van der Waals surface area contributed by atoms with Crippen LogP contribution >= 0.6 is 0 Å². The van der Waals surface area contributed by atoms with Gasteiger partial charge in [-0.15, -0.1) is 0 Å². The highest BCUT2D eigenvalue weighted by Gasteiger charge is 2.38. The van der Waals surface area contributed by atoms with Crippen molar-refractivity contribution in [1.29, 1.82) is 0 Å². The smallest absolute Gasteiger partial charge is 0.324 e. The van der Waals surface area contributed by atoms with E-state index in [1.54, 1.807) is 0 Å². The number of methoxy groups -OCH3 is 1. The van der Waals surface area contributed by atoms with E-state index in [2.05, 4.69) is 4.98 Å². The Balaban J connectivity index is 3.64. The minimum atomic E-state index is -2.21. The minimum absolute atomic E-state index is 0.0409. The molecule has 10 heteroatoms. The van der Waals surface area contributed by atoms with Gasteiger partial charge in [-0.25, -0.2) is 0 Å². The molecule has 0 unspecified atom stereocenters. The Morgan fingerprint density at radius 1 is 0.955 bits per heavy atom. The summed E-state index contributed by atoms with van der Waals surface area (Å²) in [6.07, 6.45) is 0.971. The molecule has 0 aliphatic rings. The van der Waals surface area contributed by atoms with E-state index in [4.69, 9.17) is 25.2 Å². The standard InChI is InChI=1S/C12H11NO9/c1-22-4-2-5(6(9(14)15)10(16)17)8(13-3-4)7(11(18)19)12(20)21/h2-3,6-7H,1H3,(H,14,15)(H,16,17)(H,18,19)(H,20,21). The molecule has 0 radical (unpaired) electrons. The van der Waals surface area contributed by atoms with Crippen molar-refractivity contribution in [3.63, 3.8) is 0 Å². The van der Waals surface area contributed by atoms with Gasteiger partial charge in [0, 0.05) is 5.56 Å². The number of carboxylic acid groups (broad SMARTS) is 4. The third-order valence-corrected chi connectivity index (χ3v) is 2.73. The van der Waals surface area contributed by atoms with E-state index < -0.39 is 47.0 Å². The number of carbonyl (C=O) groups is 4. The lowest BCUT2D eigenvalue weighted by Crippen LogP contribution is -2.28. The number of nitrogens with zero attached hydrogens (tertiary/aromatic N) is 1. The molecular weight excluding hydrogens is 302 g/mol. The first-order chi connectivity index (χ1) is 10.2. The van der Waals surface area contributed by atoms with Gasteiger partial charge in [-0.05, 0) is 6.07 Å². The topological polar surface area (TPSA) is 171 Å². The molecule has 4 N–H and O–H groups in total. The first-order valence-corrected chi connectivity index (χ1v) is 5.65. The molecule has 0 amide bonds. The van der Waals surface area contributed by atoms with E-state index in [1.165, 1.54) is 7.11 Å². The zero-order valence-electron chi connectivity index (χ0n) is 11.1. The number of hydrogen-bond acceptors (Lipinski definition) is 6. The van der Waals surface area contributed by atoms with Gasteiger partial charge in [0.05, 0.1) is 19.0 Å². The third-order valence-electron chi connectivity index (χ3n) is 2.73. The summed E-state index contributed by atoms with van der Waals surface area (Å²) >= 11 is 0. The van der Waals surface area contributed by atoms with Crippen LogP contribution < -0.4 is 4.74 Å². The summed E-state index contributed by atoms with van der Waals surface area (Å²) < 4.78 is 4.78. The molecule has 0 atom stereocenters. The Morgan fingerprint density at radius 2 is 1.41 bits per heavy atom. The summed E-state index contributed by atoms with van der Waals surface area (Å²) in [5, 5.41) is 35.9. The molecule has 0 aliphatic heterocycles. The SMILES string of the molecule is COc1cnc(C(C(=O)O)C(=O)O)c(C(C(=O)O)C(=O)O)c1. The third kappa shape index (κ3) is 3.29. The molecule has 0 aliphatic carbocycles. The van der Waals surface area contributed by atoms with Crippen LogP contribution in [0.15, 0.2) is 12.3 Å². The van der Waals surface area contributed by atoms with E-state index in [0.29, 0.717) is 0 Å². The Bertz CT molecular complexity index is 611. The van der Waals surface area contributed by atoms with Gasteiger partial charge in [-0.1, -0.05) is 0 Å². The highest BCUT2D eigenvalue weighted by atomic mass is 16.5. The van der Waals surface area contributed by atoms with Crippen molar-refractivity contribution in [2.24, 2.45) is 0 Å². The molecule has 0 saturated heterocycles. The molecule has 0 saturated carbocycles. The van der Waals surface area contributed by atoms with Gasteiger partial charge in [-0.2, -0.15) is 0 Å². The summed E-state index contributed by atoms with van der Waals surface area (Å²) in [6.45, 7) is 0. The van der Waals surface area contributed by atoms with Crippen LogP contribution in [0.2, 0.25) is 0 Å². The Kier molecular flexibility index (Phi) is 5.00. The fourth-order valence-electron chi connectivity index (χ4n) is 1.77. The molecule has 1 heterocycles. The molecular formula is C12H11NO9. The fraction of sp³-hybridized carbons (Fsp3) is 0.250. The average molecular weight is 313 g/mol. The van der Waals surface area contributed by atoms with Crippen LogP contribution in [-0.4, -0.2) is 56.4 Å². The second kappa shape index (κ2) is 6.52. The van der Waals surface area contributed by atoms with E-state index in [9.17, 15) is 19.2 Å². The summed E-state index contributed by atoms with van der Waals surface area (Å²) in [5.41, 5.74) is -1.26. The Hall–Kier alpha value is -3.17.